The number of nitro benzene ring substituents is 1. The number of nitro groups is 1. The van der Waals surface area contributed by atoms with Crippen molar-refractivity contribution in [3.63, 3.8) is 0 Å². The Balaban J connectivity index is 0.00000242. The molecule has 8 heteroatoms. The third-order valence-corrected chi connectivity index (χ3v) is 4.25. The van der Waals surface area contributed by atoms with Crippen molar-refractivity contribution in [1.29, 1.82) is 0 Å². The van der Waals surface area contributed by atoms with Crippen molar-refractivity contribution in [2.45, 2.75) is 26.3 Å². The minimum Gasteiger partial charge on any atom is -0.508 e. The van der Waals surface area contributed by atoms with Gasteiger partial charge in [0.05, 0.1) is 10.5 Å². The molecule has 0 amide bonds. The first-order valence-corrected chi connectivity index (χ1v) is 7.46. The zero-order valence-corrected chi connectivity index (χ0v) is 15.0. The van der Waals surface area contributed by atoms with E-state index in [4.69, 9.17) is 0 Å². The molecule has 1 aromatic rings. The number of rotatable bonds is 5. The average molecular weight is 366 g/mol. The third kappa shape index (κ3) is 5.21. The van der Waals surface area contributed by atoms with Gasteiger partial charge in [-0.25, -0.2) is 0 Å². The number of nitrogens with one attached hydrogen (secondary N) is 1. The van der Waals surface area contributed by atoms with Gasteiger partial charge in [-0.15, -0.1) is 24.8 Å². The number of halogens is 2. The van der Waals surface area contributed by atoms with Crippen LogP contribution in [0.15, 0.2) is 18.2 Å². The van der Waals surface area contributed by atoms with Gasteiger partial charge < -0.3 is 10.4 Å². The molecule has 6 nitrogen and oxygen atoms in total. The van der Waals surface area contributed by atoms with Crippen LogP contribution in [-0.2, 0) is 0 Å². The zero-order valence-electron chi connectivity index (χ0n) is 13.4. The Morgan fingerprint density at radius 2 is 1.96 bits per heavy atom. The summed E-state index contributed by atoms with van der Waals surface area (Å²) >= 11 is 0. The summed E-state index contributed by atoms with van der Waals surface area (Å²) in [5.74, 6) is 0.364. The number of phenols is 1. The summed E-state index contributed by atoms with van der Waals surface area (Å²) in [5.41, 5.74) is 0.716. The maximum Gasteiger partial charge on any atom is 0.274 e. The zero-order chi connectivity index (χ0) is 15.4. The fourth-order valence-corrected chi connectivity index (χ4v) is 2.99. The smallest absolute Gasteiger partial charge is 0.274 e. The van der Waals surface area contributed by atoms with Gasteiger partial charge in [-0.2, -0.15) is 0 Å². The molecule has 0 spiro atoms. The number of hydrogen-bond acceptors (Lipinski definition) is 5. The van der Waals surface area contributed by atoms with Crippen LogP contribution in [0.4, 0.5) is 5.69 Å². The lowest BCUT2D eigenvalue weighted by Gasteiger charge is -2.38. The molecule has 1 saturated heterocycles. The van der Waals surface area contributed by atoms with Gasteiger partial charge in [-0.05, 0) is 18.1 Å². The molecule has 1 aliphatic rings. The standard InChI is InChI=1S/C15H23N3O3.2ClH/c1-3-11(2)15(17-8-6-16-7-9-17)13-10-12(19)4-5-14(13)18(20)21;;/h4-5,10-11,15-16,19H,3,6-9H2,1-2H3;2*1H/t11?,15-;;/m1../s1. The summed E-state index contributed by atoms with van der Waals surface area (Å²) < 4.78 is 0. The first kappa shape index (κ1) is 21.9. The number of aromatic hydroxyl groups is 1. The molecular formula is C15H25Cl2N3O3. The molecule has 1 fully saturated rings. The summed E-state index contributed by atoms with van der Waals surface area (Å²) in [6, 6.07) is 4.30. The molecule has 0 aliphatic carbocycles. The molecule has 0 aromatic heterocycles. The van der Waals surface area contributed by atoms with Crippen molar-refractivity contribution in [3.8, 4) is 5.75 Å². The molecule has 0 saturated carbocycles. The Morgan fingerprint density at radius 1 is 1.35 bits per heavy atom. The SMILES string of the molecule is CCC(C)[C@H](c1cc(O)ccc1[N+](=O)[O-])N1CCNCC1.Cl.Cl. The third-order valence-electron chi connectivity index (χ3n) is 4.25. The van der Waals surface area contributed by atoms with Crippen LogP contribution in [0.5, 0.6) is 5.75 Å². The quantitative estimate of drug-likeness (QED) is 0.618. The highest BCUT2D eigenvalue weighted by atomic mass is 35.5. The van der Waals surface area contributed by atoms with Crippen molar-refractivity contribution in [1.82, 2.24) is 10.2 Å². The number of benzene rings is 1. The largest absolute Gasteiger partial charge is 0.508 e. The van der Waals surface area contributed by atoms with E-state index < -0.39 is 0 Å². The molecule has 1 aromatic carbocycles. The molecule has 1 unspecified atom stereocenters. The van der Waals surface area contributed by atoms with E-state index in [2.05, 4.69) is 24.1 Å². The molecule has 132 valence electrons. The molecule has 1 heterocycles. The van der Waals surface area contributed by atoms with Crippen LogP contribution >= 0.6 is 24.8 Å². The van der Waals surface area contributed by atoms with Crippen LogP contribution in [0.1, 0.15) is 31.9 Å². The fraction of sp³-hybridized carbons (Fsp3) is 0.600. The molecule has 1 aliphatic heterocycles. The van der Waals surface area contributed by atoms with Crippen molar-refractivity contribution < 1.29 is 10.0 Å². The van der Waals surface area contributed by atoms with Gasteiger partial charge in [0.2, 0.25) is 0 Å². The van der Waals surface area contributed by atoms with Gasteiger partial charge in [0, 0.05) is 38.3 Å². The van der Waals surface area contributed by atoms with Gasteiger partial charge in [0.1, 0.15) is 5.75 Å². The Kier molecular flexibility index (Phi) is 9.46. The molecule has 0 radical (unpaired) electrons. The normalized spacial score (nSPS) is 17.5. The van der Waals surface area contributed by atoms with Gasteiger partial charge >= 0.3 is 0 Å². The first-order chi connectivity index (χ1) is 10.0. The molecule has 2 atom stereocenters. The fourth-order valence-electron chi connectivity index (χ4n) is 2.99. The number of nitrogens with zero attached hydrogens (tertiary/aromatic N) is 2. The molecule has 2 N–H and O–H groups in total. The van der Waals surface area contributed by atoms with E-state index >= 15 is 0 Å². The van der Waals surface area contributed by atoms with Crippen LogP contribution < -0.4 is 5.32 Å². The highest BCUT2D eigenvalue weighted by Crippen LogP contribution is 2.38. The van der Waals surface area contributed by atoms with Crippen molar-refractivity contribution >= 4 is 30.5 Å². The van der Waals surface area contributed by atoms with E-state index in [0.29, 0.717) is 5.56 Å². The van der Waals surface area contributed by atoms with E-state index in [0.717, 1.165) is 32.6 Å². The topological polar surface area (TPSA) is 78.6 Å². The van der Waals surface area contributed by atoms with Crippen LogP contribution in [0.2, 0.25) is 0 Å². The van der Waals surface area contributed by atoms with Crippen LogP contribution in [0.3, 0.4) is 0 Å². The number of phenolic OH excluding ortho intramolecular Hbond substituents is 1. The van der Waals surface area contributed by atoms with Gasteiger partial charge in [-0.3, -0.25) is 15.0 Å². The molecule has 2 rings (SSSR count). The minimum absolute atomic E-state index is 0. The predicted molar refractivity (Wildman–Crippen MR) is 95.9 cm³/mol. The van der Waals surface area contributed by atoms with E-state index in [1.807, 2.05) is 0 Å². The van der Waals surface area contributed by atoms with Crippen molar-refractivity contribution in [3.05, 3.63) is 33.9 Å². The second-order valence-corrected chi connectivity index (χ2v) is 5.62. The number of hydrogen-bond donors (Lipinski definition) is 2. The Morgan fingerprint density at radius 3 is 2.48 bits per heavy atom. The minimum atomic E-state index is -0.355. The molecule has 23 heavy (non-hydrogen) atoms. The van der Waals surface area contributed by atoms with E-state index in [-0.39, 0.29) is 53.1 Å². The van der Waals surface area contributed by atoms with Crippen LogP contribution in [0.25, 0.3) is 0 Å². The highest BCUT2D eigenvalue weighted by molar-refractivity contribution is 5.85. The van der Waals surface area contributed by atoms with Gasteiger partial charge in [0.15, 0.2) is 0 Å². The Hall–Kier alpha value is -1.08. The second kappa shape index (κ2) is 9.93. The van der Waals surface area contributed by atoms with E-state index in [9.17, 15) is 15.2 Å². The maximum absolute atomic E-state index is 11.3. The summed E-state index contributed by atoms with van der Waals surface area (Å²) in [4.78, 5) is 13.3. The Labute approximate surface area is 149 Å². The maximum atomic E-state index is 11.3. The average Bonchev–Trinajstić information content (AvgIpc) is 2.48. The predicted octanol–water partition coefficient (Wildman–Crippen LogP) is 3.14. The Bertz CT molecular complexity index is 511. The monoisotopic (exact) mass is 365 g/mol. The summed E-state index contributed by atoms with van der Waals surface area (Å²) in [5, 5.41) is 24.4. The summed E-state index contributed by atoms with van der Waals surface area (Å²) in [7, 11) is 0. The highest BCUT2D eigenvalue weighted by Gasteiger charge is 2.31. The summed E-state index contributed by atoms with van der Waals surface area (Å²) in [6.07, 6.45) is 0.932. The lowest BCUT2D eigenvalue weighted by atomic mass is 9.89. The first-order valence-electron chi connectivity index (χ1n) is 7.46. The van der Waals surface area contributed by atoms with Crippen molar-refractivity contribution in [2.24, 2.45) is 5.92 Å². The van der Waals surface area contributed by atoms with Gasteiger partial charge in [0.25, 0.3) is 5.69 Å². The lowest BCUT2D eigenvalue weighted by molar-refractivity contribution is -0.386. The lowest BCUT2D eigenvalue weighted by Crippen LogP contribution is -2.46. The van der Waals surface area contributed by atoms with Crippen LogP contribution in [0, 0.1) is 16.0 Å². The van der Waals surface area contributed by atoms with E-state index in [1.165, 1.54) is 12.1 Å². The van der Waals surface area contributed by atoms with E-state index in [1.54, 1.807) is 6.07 Å². The van der Waals surface area contributed by atoms with Crippen molar-refractivity contribution in [2.75, 3.05) is 26.2 Å². The molecular weight excluding hydrogens is 341 g/mol. The second-order valence-electron chi connectivity index (χ2n) is 5.62. The number of piperazine rings is 1. The van der Waals surface area contributed by atoms with Crippen LogP contribution in [-0.4, -0.2) is 41.1 Å². The molecule has 0 bridgehead atoms. The summed E-state index contributed by atoms with van der Waals surface area (Å²) in [6.45, 7) is 7.71. The van der Waals surface area contributed by atoms with Gasteiger partial charge in [-0.1, -0.05) is 20.3 Å².